The largest absolute Gasteiger partial charge is 0.514 e. The van der Waals surface area contributed by atoms with Gasteiger partial charge in [-0.15, -0.1) is 0 Å². The predicted octanol–water partition coefficient (Wildman–Crippen LogP) is 1.00. The summed E-state index contributed by atoms with van der Waals surface area (Å²) in [5.41, 5.74) is 0. The van der Waals surface area contributed by atoms with Gasteiger partial charge in [-0.05, 0) is 13.1 Å². The number of hydrogen-bond acceptors (Lipinski definition) is 2. The smallest absolute Gasteiger partial charge is 0.305 e. The van der Waals surface area contributed by atoms with Crippen LogP contribution in [0, 0.1) is 0 Å². The van der Waals surface area contributed by atoms with Crippen molar-refractivity contribution in [2.45, 2.75) is 20.0 Å². The van der Waals surface area contributed by atoms with Crippen LogP contribution in [0.5, 0.6) is 0 Å². The van der Waals surface area contributed by atoms with Crippen molar-refractivity contribution in [1.82, 2.24) is 0 Å². The van der Waals surface area contributed by atoms with Gasteiger partial charge < -0.3 is 8.91 Å². The van der Waals surface area contributed by atoms with Gasteiger partial charge in [0.15, 0.2) is 0 Å². The van der Waals surface area contributed by atoms with Gasteiger partial charge >= 0.3 is 8.32 Å². The maximum absolute atomic E-state index is 10.8. The molecule has 0 unspecified atom stereocenters. The van der Waals surface area contributed by atoms with E-state index in [1.807, 2.05) is 0 Å². The van der Waals surface area contributed by atoms with E-state index in [0.717, 1.165) is 10.7 Å². The number of rotatable bonds is 3. The Labute approximate surface area is 76.0 Å². The normalized spacial score (nSPS) is 12.8. The van der Waals surface area contributed by atoms with Crippen molar-refractivity contribution in [3.63, 3.8) is 0 Å². The Morgan fingerprint density at radius 1 is 1.33 bits per heavy atom. The van der Waals surface area contributed by atoms with E-state index in [4.69, 9.17) is 4.43 Å². The van der Waals surface area contributed by atoms with Gasteiger partial charge in [0, 0.05) is 6.92 Å². The summed E-state index contributed by atoms with van der Waals surface area (Å²) in [5, 5.41) is 0. The molecule has 0 radical (unpaired) electrons. The zero-order valence-corrected chi connectivity index (χ0v) is 9.97. The first-order valence-corrected chi connectivity index (χ1v) is 7.24. The number of nitrogens with zero attached hydrogens (tertiary/aromatic N) is 1. The molecule has 0 aliphatic carbocycles. The van der Waals surface area contributed by atoms with Gasteiger partial charge in [-0.1, -0.05) is 0 Å². The quantitative estimate of drug-likeness (QED) is 0.490. The lowest BCUT2D eigenvalue weighted by Gasteiger charge is -2.31. The second kappa shape index (κ2) is 3.58. The fourth-order valence-electron chi connectivity index (χ4n) is 1.56. The summed E-state index contributed by atoms with van der Waals surface area (Å²) in [7, 11) is 4.55. The highest BCUT2D eigenvalue weighted by Crippen LogP contribution is 2.08. The first-order chi connectivity index (χ1) is 5.12. The van der Waals surface area contributed by atoms with E-state index in [1.54, 1.807) is 0 Å². The topological polar surface area (TPSA) is 26.3 Å². The van der Waals surface area contributed by atoms with Crippen molar-refractivity contribution in [2.75, 3.05) is 27.3 Å². The van der Waals surface area contributed by atoms with E-state index in [-0.39, 0.29) is 5.97 Å². The molecular formula is C8H20NO2Si+. The Morgan fingerprint density at radius 3 is 2.00 bits per heavy atom. The summed E-state index contributed by atoms with van der Waals surface area (Å²) in [6.45, 7) is 5.61. The van der Waals surface area contributed by atoms with E-state index < -0.39 is 8.32 Å². The van der Waals surface area contributed by atoms with Crippen LogP contribution in [0.2, 0.25) is 13.1 Å². The molecule has 0 rings (SSSR count). The van der Waals surface area contributed by atoms with E-state index in [0.29, 0.717) is 0 Å². The maximum atomic E-state index is 10.8. The van der Waals surface area contributed by atoms with Crippen LogP contribution >= 0.6 is 0 Å². The average molecular weight is 190 g/mol. The molecule has 72 valence electrons. The highest BCUT2D eigenvalue weighted by atomic mass is 28.4. The zero-order chi connectivity index (χ0) is 9.99. The van der Waals surface area contributed by atoms with E-state index in [9.17, 15) is 4.79 Å². The van der Waals surface area contributed by atoms with E-state index in [1.165, 1.54) is 6.92 Å². The Morgan fingerprint density at radius 2 is 1.75 bits per heavy atom. The third-order valence-corrected chi connectivity index (χ3v) is 3.83. The van der Waals surface area contributed by atoms with E-state index >= 15 is 0 Å². The Bertz CT molecular complexity index is 172. The van der Waals surface area contributed by atoms with Crippen LogP contribution in [-0.2, 0) is 9.22 Å². The van der Waals surface area contributed by atoms with Gasteiger partial charge in [-0.2, -0.15) is 0 Å². The minimum Gasteiger partial charge on any atom is -0.514 e. The van der Waals surface area contributed by atoms with Crippen LogP contribution in [-0.4, -0.2) is 46.1 Å². The molecule has 0 N–H and O–H groups in total. The molecule has 3 nitrogen and oxygen atoms in total. The number of hydrogen-bond donors (Lipinski definition) is 0. The van der Waals surface area contributed by atoms with Crippen molar-refractivity contribution >= 4 is 14.3 Å². The lowest BCUT2D eigenvalue weighted by Crippen LogP contribution is -2.51. The molecule has 0 atom stereocenters. The lowest BCUT2D eigenvalue weighted by molar-refractivity contribution is -0.860. The Balaban J connectivity index is 4.13. The van der Waals surface area contributed by atoms with Crippen molar-refractivity contribution in [3.8, 4) is 0 Å². The fourth-order valence-corrected chi connectivity index (χ4v) is 4.69. The van der Waals surface area contributed by atoms with Crippen LogP contribution in [0.15, 0.2) is 0 Å². The van der Waals surface area contributed by atoms with Gasteiger partial charge in [0.1, 0.15) is 6.17 Å². The first kappa shape index (κ1) is 11.6. The Hall–Kier alpha value is -0.353. The van der Waals surface area contributed by atoms with Crippen LogP contribution < -0.4 is 0 Å². The van der Waals surface area contributed by atoms with Crippen LogP contribution in [0.3, 0.4) is 0 Å². The molecule has 0 aromatic carbocycles. The highest BCUT2D eigenvalue weighted by Gasteiger charge is 2.32. The van der Waals surface area contributed by atoms with Crippen molar-refractivity contribution in [1.29, 1.82) is 0 Å². The predicted molar refractivity (Wildman–Crippen MR) is 52.1 cm³/mol. The molecule has 0 bridgehead atoms. The summed E-state index contributed by atoms with van der Waals surface area (Å²) >= 11 is 0. The molecule has 12 heavy (non-hydrogen) atoms. The molecule has 4 heteroatoms. The van der Waals surface area contributed by atoms with Gasteiger partial charge in [0.25, 0.3) is 5.97 Å². The third-order valence-electron chi connectivity index (χ3n) is 1.28. The van der Waals surface area contributed by atoms with E-state index in [2.05, 4.69) is 34.2 Å². The van der Waals surface area contributed by atoms with Crippen LogP contribution in [0.1, 0.15) is 6.92 Å². The number of carbonyl (C=O) groups is 1. The van der Waals surface area contributed by atoms with Crippen LogP contribution in [0.4, 0.5) is 0 Å². The van der Waals surface area contributed by atoms with Gasteiger partial charge in [-0.3, -0.25) is 4.79 Å². The highest BCUT2D eigenvalue weighted by molar-refractivity contribution is 6.72. The number of quaternary nitrogens is 1. The molecule has 0 aliphatic rings. The third kappa shape index (κ3) is 6.36. The molecule has 0 aliphatic heterocycles. The minimum atomic E-state index is -1.78. The second-order valence-electron chi connectivity index (χ2n) is 4.80. The monoisotopic (exact) mass is 190 g/mol. The fraction of sp³-hybridized carbons (Fsp3) is 0.875. The first-order valence-electron chi connectivity index (χ1n) is 4.12. The van der Waals surface area contributed by atoms with Gasteiger partial charge in [-0.25, -0.2) is 0 Å². The lowest BCUT2D eigenvalue weighted by atomic mass is 10.8. The SMILES string of the molecule is CC(=O)O[Si](C)(C)C[N+](C)(C)C. The standard InChI is InChI=1S/C8H20NO2Si/c1-8(10)11-12(5,6)7-9(2,3)4/h7H2,1-6H3/q+1. The number of carbonyl (C=O) groups excluding carboxylic acids is 1. The minimum absolute atomic E-state index is 0.153. The van der Waals surface area contributed by atoms with Crippen LogP contribution in [0.25, 0.3) is 0 Å². The molecule has 0 fully saturated rings. The van der Waals surface area contributed by atoms with Crippen molar-refractivity contribution in [3.05, 3.63) is 0 Å². The summed E-state index contributed by atoms with van der Waals surface area (Å²) in [6.07, 6.45) is 0.951. The zero-order valence-electron chi connectivity index (χ0n) is 8.97. The summed E-state index contributed by atoms with van der Waals surface area (Å²) < 4.78 is 6.15. The Kier molecular flexibility index (Phi) is 3.47. The average Bonchev–Trinajstić information content (AvgIpc) is 1.48. The van der Waals surface area contributed by atoms with Crippen molar-refractivity contribution in [2.24, 2.45) is 0 Å². The molecule has 0 spiro atoms. The molecule has 0 aromatic rings. The summed E-state index contributed by atoms with van der Waals surface area (Å²) in [4.78, 5) is 10.8. The summed E-state index contributed by atoms with van der Waals surface area (Å²) in [5.74, 6) is -0.153. The van der Waals surface area contributed by atoms with Gasteiger partial charge in [0.05, 0.1) is 21.1 Å². The molecule has 0 saturated heterocycles. The summed E-state index contributed by atoms with van der Waals surface area (Å²) in [6, 6.07) is 0. The molecule has 0 saturated carbocycles. The second-order valence-corrected chi connectivity index (χ2v) is 8.84. The molecular weight excluding hydrogens is 170 g/mol. The van der Waals surface area contributed by atoms with Crippen molar-refractivity contribution < 1.29 is 13.7 Å². The molecule has 0 amide bonds. The van der Waals surface area contributed by atoms with Gasteiger partial charge in [0.2, 0.25) is 0 Å². The maximum Gasteiger partial charge on any atom is 0.305 e. The molecule has 0 heterocycles. The molecule has 0 aromatic heterocycles.